The van der Waals surface area contributed by atoms with Gasteiger partial charge in [-0.15, -0.1) is 0 Å². The Morgan fingerprint density at radius 1 is 1.14 bits per heavy atom. The van der Waals surface area contributed by atoms with Crippen molar-refractivity contribution in [2.45, 2.75) is 100 Å². The van der Waals surface area contributed by atoms with Gasteiger partial charge in [0.1, 0.15) is 0 Å². The van der Waals surface area contributed by atoms with Gasteiger partial charge in [0.2, 0.25) is 0 Å². The van der Waals surface area contributed by atoms with E-state index in [1.165, 1.54) is 25.7 Å². The van der Waals surface area contributed by atoms with E-state index in [4.69, 9.17) is 4.74 Å². The molecule has 0 heterocycles. The van der Waals surface area contributed by atoms with Crippen molar-refractivity contribution in [2.24, 2.45) is 16.7 Å². The summed E-state index contributed by atoms with van der Waals surface area (Å²) in [5.74, 6) is 0.983. The first-order valence-corrected chi connectivity index (χ1v) is 8.75. The van der Waals surface area contributed by atoms with Crippen LogP contribution in [0.1, 0.15) is 93.9 Å². The Bertz CT molecular complexity index is 295. The number of ether oxygens (including phenoxy) is 1. The number of esters is 1. The van der Waals surface area contributed by atoms with Crippen LogP contribution < -0.4 is 0 Å². The quantitative estimate of drug-likeness (QED) is 0.596. The lowest BCUT2D eigenvalue weighted by Crippen LogP contribution is -2.42. The topological polar surface area (TPSA) is 26.3 Å². The molecule has 1 atom stereocenters. The van der Waals surface area contributed by atoms with Crippen molar-refractivity contribution in [1.82, 2.24) is 0 Å². The number of hydrogen-bond donors (Lipinski definition) is 0. The largest absolute Gasteiger partial charge is 0.463 e. The summed E-state index contributed by atoms with van der Waals surface area (Å²) < 4.78 is 5.36. The molecule has 0 radical (unpaired) electrons. The van der Waals surface area contributed by atoms with Crippen LogP contribution in [-0.4, -0.2) is 12.1 Å². The molecule has 1 fully saturated rings. The maximum Gasteiger partial charge on any atom is 0.312 e. The highest BCUT2D eigenvalue weighted by Gasteiger charge is 2.44. The highest BCUT2D eigenvalue weighted by Crippen LogP contribution is 2.43. The molecule has 1 saturated carbocycles. The Morgan fingerprint density at radius 3 is 1.86 bits per heavy atom. The van der Waals surface area contributed by atoms with Crippen molar-refractivity contribution in [3.63, 3.8) is 0 Å². The van der Waals surface area contributed by atoms with E-state index in [1.807, 2.05) is 20.8 Å². The maximum absolute atomic E-state index is 12.1. The fraction of sp³-hybridized carbons (Fsp3) is 0.947. The molecule has 1 unspecified atom stereocenters. The predicted octanol–water partition coefficient (Wildman–Crippen LogP) is 5.99. The molecular weight excluding hydrogens is 260 g/mol. The smallest absolute Gasteiger partial charge is 0.312 e. The molecule has 0 aromatic rings. The van der Waals surface area contributed by atoms with Crippen LogP contribution in [0.3, 0.4) is 0 Å². The molecule has 0 N–H and O–H groups in total. The molecule has 0 spiro atoms. The van der Waals surface area contributed by atoms with Gasteiger partial charge in [0, 0.05) is 0 Å². The molecule has 1 aliphatic rings. The highest BCUT2D eigenvalue weighted by atomic mass is 16.5. The predicted molar refractivity (Wildman–Crippen MR) is 91.3 cm³/mol. The molecule has 0 aliphatic heterocycles. The summed E-state index contributed by atoms with van der Waals surface area (Å²) in [5.41, 5.74) is -0.443. The standard InChI is InChI=1S/C13H26O2.C6H12/c1-8-9-13(7,12(4,5)6)11(14)15-10(2)3;1-6-4-2-3-5-6/h10H,8-9H2,1-7H3;6H,2-5H2,1H3. The monoisotopic (exact) mass is 298 g/mol. The minimum atomic E-state index is -0.383. The SMILES string of the molecule is CC1CCCC1.CCCC(C)(C(=O)OC(C)C)C(C)(C)C. The first-order chi connectivity index (χ1) is 9.54. The van der Waals surface area contributed by atoms with Crippen LogP contribution >= 0.6 is 0 Å². The minimum Gasteiger partial charge on any atom is -0.463 e. The molecule has 126 valence electrons. The Labute approximate surface area is 133 Å². The summed E-state index contributed by atoms with van der Waals surface area (Å²) >= 11 is 0. The summed E-state index contributed by atoms with van der Waals surface area (Å²) in [6.07, 6.45) is 7.79. The Kier molecular flexibility index (Phi) is 8.58. The van der Waals surface area contributed by atoms with Crippen molar-refractivity contribution < 1.29 is 9.53 Å². The van der Waals surface area contributed by atoms with Crippen LogP contribution in [0.4, 0.5) is 0 Å². The molecule has 0 saturated heterocycles. The van der Waals surface area contributed by atoms with E-state index in [9.17, 15) is 4.79 Å². The average molecular weight is 299 g/mol. The number of hydrogen-bond acceptors (Lipinski definition) is 2. The van der Waals surface area contributed by atoms with Crippen molar-refractivity contribution in [2.75, 3.05) is 0 Å². The fourth-order valence-electron chi connectivity index (χ4n) is 2.76. The van der Waals surface area contributed by atoms with Gasteiger partial charge in [0.15, 0.2) is 0 Å². The summed E-state index contributed by atoms with van der Waals surface area (Å²) in [4.78, 5) is 12.1. The molecule has 21 heavy (non-hydrogen) atoms. The van der Waals surface area contributed by atoms with Gasteiger partial charge >= 0.3 is 5.97 Å². The molecule has 2 heteroatoms. The lowest BCUT2D eigenvalue weighted by atomic mass is 9.65. The molecule has 1 rings (SSSR count). The Balaban J connectivity index is 0.000000547. The summed E-state index contributed by atoms with van der Waals surface area (Å²) in [5, 5.41) is 0. The lowest BCUT2D eigenvalue weighted by molar-refractivity contribution is -0.166. The molecule has 0 aromatic heterocycles. The minimum absolute atomic E-state index is 0.0315. The fourth-order valence-corrected chi connectivity index (χ4v) is 2.76. The zero-order chi connectivity index (χ0) is 16.7. The Morgan fingerprint density at radius 2 is 1.62 bits per heavy atom. The van der Waals surface area contributed by atoms with E-state index in [-0.39, 0.29) is 22.9 Å². The van der Waals surface area contributed by atoms with Gasteiger partial charge in [0.25, 0.3) is 0 Å². The number of rotatable bonds is 4. The summed E-state index contributed by atoms with van der Waals surface area (Å²) in [6.45, 7) is 16.6. The van der Waals surface area contributed by atoms with Gasteiger partial charge in [-0.05, 0) is 38.5 Å². The van der Waals surface area contributed by atoms with Gasteiger partial charge < -0.3 is 4.74 Å². The molecule has 1 aliphatic carbocycles. The third kappa shape index (κ3) is 6.84. The summed E-state index contributed by atoms with van der Waals surface area (Å²) in [7, 11) is 0. The first kappa shape index (κ1) is 20.5. The third-order valence-electron chi connectivity index (χ3n) is 4.84. The van der Waals surface area contributed by atoms with Crippen LogP contribution in [0.5, 0.6) is 0 Å². The molecular formula is C19H38O2. The van der Waals surface area contributed by atoms with E-state index in [0.29, 0.717) is 0 Å². The Hall–Kier alpha value is -0.530. The van der Waals surface area contributed by atoms with Crippen LogP contribution in [0.15, 0.2) is 0 Å². The van der Waals surface area contributed by atoms with Crippen LogP contribution in [0, 0.1) is 16.7 Å². The van der Waals surface area contributed by atoms with Crippen molar-refractivity contribution in [1.29, 1.82) is 0 Å². The highest BCUT2D eigenvalue weighted by molar-refractivity contribution is 5.77. The van der Waals surface area contributed by atoms with Gasteiger partial charge in [-0.2, -0.15) is 0 Å². The normalized spacial score (nSPS) is 18.9. The van der Waals surface area contributed by atoms with Crippen molar-refractivity contribution in [3.8, 4) is 0 Å². The summed E-state index contributed by atoms with van der Waals surface area (Å²) in [6, 6.07) is 0. The van der Waals surface area contributed by atoms with E-state index in [1.54, 1.807) is 0 Å². The zero-order valence-electron chi connectivity index (χ0n) is 15.7. The third-order valence-corrected chi connectivity index (χ3v) is 4.84. The first-order valence-electron chi connectivity index (χ1n) is 8.75. The number of carbonyl (C=O) groups excluding carboxylic acids is 1. The van der Waals surface area contributed by atoms with Gasteiger partial charge in [0.05, 0.1) is 11.5 Å². The van der Waals surface area contributed by atoms with Gasteiger partial charge in [-0.3, -0.25) is 4.79 Å². The number of carbonyl (C=O) groups is 1. The van der Waals surface area contributed by atoms with Crippen LogP contribution in [-0.2, 0) is 9.53 Å². The van der Waals surface area contributed by atoms with Gasteiger partial charge in [-0.25, -0.2) is 0 Å². The maximum atomic E-state index is 12.1. The van der Waals surface area contributed by atoms with Crippen LogP contribution in [0.2, 0.25) is 0 Å². The molecule has 2 nitrogen and oxygen atoms in total. The molecule has 0 bridgehead atoms. The van der Waals surface area contributed by atoms with Crippen molar-refractivity contribution >= 4 is 5.97 Å². The van der Waals surface area contributed by atoms with E-state index >= 15 is 0 Å². The van der Waals surface area contributed by atoms with Crippen molar-refractivity contribution in [3.05, 3.63) is 0 Å². The average Bonchev–Trinajstić information content (AvgIpc) is 2.79. The second kappa shape index (κ2) is 8.80. The second-order valence-electron chi connectivity index (χ2n) is 8.18. The second-order valence-corrected chi connectivity index (χ2v) is 8.18. The van der Waals surface area contributed by atoms with E-state index in [2.05, 4.69) is 34.6 Å². The van der Waals surface area contributed by atoms with Gasteiger partial charge in [-0.1, -0.05) is 66.7 Å². The van der Waals surface area contributed by atoms with E-state index < -0.39 is 0 Å². The van der Waals surface area contributed by atoms with E-state index in [0.717, 1.165) is 18.8 Å². The van der Waals surface area contributed by atoms with Crippen LogP contribution in [0.25, 0.3) is 0 Å². The lowest BCUT2D eigenvalue weighted by Gasteiger charge is -2.40. The zero-order valence-corrected chi connectivity index (χ0v) is 15.7. The molecule has 0 aromatic carbocycles. The molecule has 0 amide bonds.